The maximum absolute atomic E-state index is 5.95. The zero-order valence-electron chi connectivity index (χ0n) is 20.0. The van der Waals surface area contributed by atoms with Crippen molar-refractivity contribution in [2.24, 2.45) is 10.9 Å². The number of nitrogens with one attached hydrogen (secondary N) is 2. The molecule has 2 fully saturated rings. The molecule has 2 saturated heterocycles. The summed E-state index contributed by atoms with van der Waals surface area (Å²) in [6.45, 7) is 17.3. The van der Waals surface area contributed by atoms with Crippen LogP contribution in [0.1, 0.15) is 33.3 Å². The van der Waals surface area contributed by atoms with Gasteiger partial charge >= 0.3 is 0 Å². The van der Waals surface area contributed by atoms with E-state index in [0.717, 1.165) is 76.4 Å². The van der Waals surface area contributed by atoms with Gasteiger partial charge in [0.15, 0.2) is 5.96 Å². The standard InChI is InChI=1S/C23H40N6O2.HI/c1-5-24-23(27-14-21-17-28(8-10-31-21)15-18(2)3)26-13-20-6-7-22(25-12-20)29-9-11-30-19(4)16-29;/h6-7,12,18-19,21H,5,8-11,13-17H2,1-4H3,(H2,24,26,27);1H. The van der Waals surface area contributed by atoms with Gasteiger partial charge in [-0.3, -0.25) is 4.90 Å². The van der Waals surface area contributed by atoms with Crippen LogP contribution in [0.2, 0.25) is 0 Å². The topological polar surface area (TPSA) is 74.2 Å². The highest BCUT2D eigenvalue weighted by atomic mass is 127. The number of aromatic nitrogens is 1. The first-order chi connectivity index (χ1) is 15.0. The Bertz CT molecular complexity index is 688. The van der Waals surface area contributed by atoms with E-state index in [4.69, 9.17) is 14.5 Å². The number of nitrogens with zero attached hydrogens (tertiary/aromatic N) is 4. The van der Waals surface area contributed by atoms with Gasteiger partial charge in [0.05, 0.1) is 32.0 Å². The van der Waals surface area contributed by atoms with Gasteiger partial charge in [0.1, 0.15) is 5.82 Å². The zero-order valence-corrected chi connectivity index (χ0v) is 22.4. The predicted molar refractivity (Wildman–Crippen MR) is 141 cm³/mol. The fourth-order valence-corrected chi connectivity index (χ4v) is 4.03. The Labute approximate surface area is 210 Å². The van der Waals surface area contributed by atoms with Crippen molar-refractivity contribution < 1.29 is 9.47 Å². The van der Waals surface area contributed by atoms with Crippen molar-refractivity contribution in [1.29, 1.82) is 0 Å². The summed E-state index contributed by atoms with van der Waals surface area (Å²) in [6, 6.07) is 4.20. The molecule has 1 aromatic heterocycles. The number of guanidine groups is 1. The molecule has 3 rings (SSSR count). The Hall–Kier alpha value is -1.17. The molecule has 0 bridgehead atoms. The minimum atomic E-state index is 0. The average molecular weight is 561 g/mol. The second-order valence-electron chi connectivity index (χ2n) is 8.87. The molecule has 0 aromatic carbocycles. The third-order valence-electron chi connectivity index (χ3n) is 5.48. The number of ether oxygens (including phenoxy) is 2. The van der Waals surface area contributed by atoms with Crippen molar-refractivity contribution in [3.05, 3.63) is 23.9 Å². The SMILES string of the molecule is CCNC(=NCc1ccc(N2CCOC(C)C2)nc1)NCC1CN(CC(C)C)CCO1.I. The van der Waals surface area contributed by atoms with Crippen molar-refractivity contribution >= 4 is 35.8 Å². The molecule has 2 aliphatic rings. The average Bonchev–Trinajstić information content (AvgIpc) is 2.76. The highest BCUT2D eigenvalue weighted by Gasteiger charge is 2.21. The van der Waals surface area contributed by atoms with E-state index in [-0.39, 0.29) is 36.2 Å². The monoisotopic (exact) mass is 560 g/mol. The van der Waals surface area contributed by atoms with E-state index < -0.39 is 0 Å². The molecule has 2 aliphatic heterocycles. The second kappa shape index (κ2) is 14.2. The van der Waals surface area contributed by atoms with Crippen LogP contribution in [0.5, 0.6) is 0 Å². The van der Waals surface area contributed by atoms with Crippen LogP contribution in [0.3, 0.4) is 0 Å². The number of rotatable bonds is 8. The fourth-order valence-electron chi connectivity index (χ4n) is 4.03. The Morgan fingerprint density at radius 1 is 1.19 bits per heavy atom. The van der Waals surface area contributed by atoms with Gasteiger partial charge < -0.3 is 25.0 Å². The molecule has 2 atom stereocenters. The van der Waals surface area contributed by atoms with E-state index in [2.05, 4.69) is 65.2 Å². The molecule has 0 aliphatic carbocycles. The number of halogens is 1. The lowest BCUT2D eigenvalue weighted by Gasteiger charge is -2.34. The Morgan fingerprint density at radius 3 is 2.69 bits per heavy atom. The lowest BCUT2D eigenvalue weighted by molar-refractivity contribution is -0.0284. The quantitative estimate of drug-likeness (QED) is 0.287. The minimum absolute atomic E-state index is 0. The summed E-state index contributed by atoms with van der Waals surface area (Å²) in [6.07, 6.45) is 2.36. The molecule has 0 saturated carbocycles. The van der Waals surface area contributed by atoms with Crippen LogP contribution in [0, 0.1) is 5.92 Å². The van der Waals surface area contributed by atoms with Gasteiger partial charge in [-0.2, -0.15) is 0 Å². The second-order valence-corrected chi connectivity index (χ2v) is 8.87. The molecular weight excluding hydrogens is 519 g/mol. The van der Waals surface area contributed by atoms with Crippen LogP contribution in [-0.2, 0) is 16.0 Å². The van der Waals surface area contributed by atoms with E-state index in [1.807, 2.05) is 6.20 Å². The van der Waals surface area contributed by atoms with E-state index in [1.165, 1.54) is 0 Å². The number of morpholine rings is 2. The third-order valence-corrected chi connectivity index (χ3v) is 5.48. The number of aliphatic imine (C=N–C) groups is 1. The van der Waals surface area contributed by atoms with Gasteiger partial charge in [0, 0.05) is 52.0 Å². The number of hydrogen-bond acceptors (Lipinski definition) is 6. The van der Waals surface area contributed by atoms with Gasteiger partial charge in [-0.15, -0.1) is 24.0 Å². The molecule has 8 nitrogen and oxygen atoms in total. The fraction of sp³-hybridized carbons (Fsp3) is 0.739. The van der Waals surface area contributed by atoms with Gasteiger partial charge in [-0.25, -0.2) is 9.98 Å². The summed E-state index contributed by atoms with van der Waals surface area (Å²) in [5, 5.41) is 6.78. The molecule has 2 unspecified atom stereocenters. The first-order valence-corrected chi connectivity index (χ1v) is 11.7. The van der Waals surface area contributed by atoms with Gasteiger partial charge in [0.25, 0.3) is 0 Å². The molecule has 9 heteroatoms. The molecule has 0 spiro atoms. The highest BCUT2D eigenvalue weighted by Crippen LogP contribution is 2.15. The molecular formula is C23H41IN6O2. The van der Waals surface area contributed by atoms with E-state index >= 15 is 0 Å². The van der Waals surface area contributed by atoms with E-state index in [1.54, 1.807) is 0 Å². The molecule has 3 heterocycles. The molecule has 182 valence electrons. The van der Waals surface area contributed by atoms with Crippen LogP contribution >= 0.6 is 24.0 Å². The largest absolute Gasteiger partial charge is 0.375 e. The summed E-state index contributed by atoms with van der Waals surface area (Å²) in [7, 11) is 0. The highest BCUT2D eigenvalue weighted by molar-refractivity contribution is 14.0. The first kappa shape index (κ1) is 27.1. The molecule has 0 radical (unpaired) electrons. The predicted octanol–water partition coefficient (Wildman–Crippen LogP) is 2.34. The van der Waals surface area contributed by atoms with Crippen LogP contribution in [-0.4, -0.2) is 87.1 Å². The normalized spacial score (nSPS) is 22.5. The number of hydrogen-bond donors (Lipinski definition) is 2. The van der Waals surface area contributed by atoms with E-state index in [9.17, 15) is 0 Å². The Balaban J connectivity index is 0.00000363. The Morgan fingerprint density at radius 2 is 2.00 bits per heavy atom. The van der Waals surface area contributed by atoms with Gasteiger partial charge in [-0.05, 0) is 31.4 Å². The summed E-state index contributed by atoms with van der Waals surface area (Å²) in [4.78, 5) is 14.2. The maximum atomic E-state index is 5.95. The number of anilines is 1. The smallest absolute Gasteiger partial charge is 0.191 e. The van der Waals surface area contributed by atoms with Gasteiger partial charge in [0.2, 0.25) is 0 Å². The first-order valence-electron chi connectivity index (χ1n) is 11.7. The van der Waals surface area contributed by atoms with Crippen LogP contribution in [0.4, 0.5) is 5.82 Å². The zero-order chi connectivity index (χ0) is 22.1. The van der Waals surface area contributed by atoms with Crippen molar-refractivity contribution in [1.82, 2.24) is 20.5 Å². The van der Waals surface area contributed by atoms with Crippen molar-refractivity contribution in [2.45, 2.75) is 46.4 Å². The van der Waals surface area contributed by atoms with Crippen LogP contribution < -0.4 is 15.5 Å². The lowest BCUT2D eigenvalue weighted by atomic mass is 10.2. The number of pyridine rings is 1. The molecule has 1 aromatic rings. The van der Waals surface area contributed by atoms with Crippen molar-refractivity contribution in [3.63, 3.8) is 0 Å². The summed E-state index contributed by atoms with van der Waals surface area (Å²) < 4.78 is 11.6. The summed E-state index contributed by atoms with van der Waals surface area (Å²) >= 11 is 0. The molecule has 32 heavy (non-hydrogen) atoms. The summed E-state index contributed by atoms with van der Waals surface area (Å²) in [5.41, 5.74) is 1.10. The third kappa shape index (κ3) is 8.99. The van der Waals surface area contributed by atoms with Crippen LogP contribution in [0.15, 0.2) is 23.3 Å². The minimum Gasteiger partial charge on any atom is -0.375 e. The Kier molecular flexibility index (Phi) is 12.0. The molecule has 0 amide bonds. The van der Waals surface area contributed by atoms with Crippen molar-refractivity contribution in [2.75, 3.05) is 63.9 Å². The van der Waals surface area contributed by atoms with Crippen molar-refractivity contribution in [3.8, 4) is 0 Å². The molecule has 2 N–H and O–H groups in total. The van der Waals surface area contributed by atoms with Gasteiger partial charge in [-0.1, -0.05) is 19.9 Å². The summed E-state index contributed by atoms with van der Waals surface area (Å²) in [5.74, 6) is 2.50. The van der Waals surface area contributed by atoms with E-state index in [0.29, 0.717) is 12.5 Å². The lowest BCUT2D eigenvalue weighted by Crippen LogP contribution is -2.50. The maximum Gasteiger partial charge on any atom is 0.191 e. The van der Waals surface area contributed by atoms with Crippen LogP contribution in [0.25, 0.3) is 0 Å².